The number of carbonyl (C=O) groups is 1. The van der Waals surface area contributed by atoms with Gasteiger partial charge in [-0.2, -0.15) is 5.26 Å². The van der Waals surface area contributed by atoms with Crippen LogP contribution >= 0.6 is 0 Å². The molecule has 0 spiro atoms. The van der Waals surface area contributed by atoms with E-state index in [9.17, 15) is 4.79 Å². The Kier molecular flexibility index (Phi) is 1.29. The smallest absolute Gasteiger partial charge is 0.137 e. The van der Waals surface area contributed by atoms with Crippen LogP contribution in [0.25, 0.3) is 0 Å². The summed E-state index contributed by atoms with van der Waals surface area (Å²) in [5.74, 6) is 0.449. The molecule has 11 heavy (non-hydrogen) atoms. The van der Waals surface area contributed by atoms with E-state index in [0.29, 0.717) is 12.2 Å². The molecule has 2 heteroatoms. The summed E-state index contributed by atoms with van der Waals surface area (Å²) in [6.07, 6.45) is 4.53. The molecule has 0 bridgehead atoms. The monoisotopic (exact) mass is 149 g/mol. The van der Waals surface area contributed by atoms with Crippen LogP contribution in [0, 0.1) is 22.7 Å². The number of hydrogen-bond acceptors (Lipinski definition) is 2. The fourth-order valence-corrected chi connectivity index (χ4v) is 2.35. The lowest BCUT2D eigenvalue weighted by Gasteiger charge is -2.46. The highest BCUT2D eigenvalue weighted by Crippen LogP contribution is 2.53. The molecule has 0 aromatic heterocycles. The van der Waals surface area contributed by atoms with Crippen LogP contribution in [-0.4, -0.2) is 5.78 Å². The maximum absolute atomic E-state index is 11.3. The molecule has 2 rings (SSSR count). The summed E-state index contributed by atoms with van der Waals surface area (Å²) in [5, 5.41) is 8.89. The van der Waals surface area contributed by atoms with Crippen molar-refractivity contribution in [2.45, 2.75) is 32.1 Å². The third-order valence-corrected chi connectivity index (χ3v) is 3.20. The number of fused-ring (bicyclic) bond motifs is 1. The molecule has 0 amide bonds. The molecule has 2 aliphatic carbocycles. The Balaban J connectivity index is 2.24. The SMILES string of the molecule is N#CC12CCCC(=O)C1CC2. The molecule has 2 unspecified atom stereocenters. The van der Waals surface area contributed by atoms with Gasteiger partial charge in [0.2, 0.25) is 0 Å². The van der Waals surface area contributed by atoms with Gasteiger partial charge in [0.25, 0.3) is 0 Å². The standard InChI is InChI=1S/C9H11NO/c10-6-9-4-1-2-8(11)7(9)3-5-9/h7H,1-5H2. The van der Waals surface area contributed by atoms with Crippen molar-refractivity contribution >= 4 is 5.78 Å². The van der Waals surface area contributed by atoms with Gasteiger partial charge < -0.3 is 0 Å². The molecule has 0 aromatic rings. The summed E-state index contributed by atoms with van der Waals surface area (Å²) in [4.78, 5) is 11.3. The molecule has 58 valence electrons. The van der Waals surface area contributed by atoms with E-state index < -0.39 is 0 Å². The van der Waals surface area contributed by atoms with E-state index in [2.05, 4.69) is 6.07 Å². The molecule has 0 radical (unpaired) electrons. The summed E-state index contributed by atoms with van der Waals surface area (Å²) in [5.41, 5.74) is -0.213. The van der Waals surface area contributed by atoms with E-state index in [4.69, 9.17) is 5.26 Å². The molecular weight excluding hydrogens is 138 g/mol. The van der Waals surface area contributed by atoms with Gasteiger partial charge in [-0.1, -0.05) is 0 Å². The quantitative estimate of drug-likeness (QED) is 0.525. The zero-order valence-electron chi connectivity index (χ0n) is 6.47. The predicted octanol–water partition coefficient (Wildman–Crippen LogP) is 1.66. The lowest BCUT2D eigenvalue weighted by atomic mass is 9.54. The van der Waals surface area contributed by atoms with E-state index in [1.807, 2.05) is 0 Å². The number of nitriles is 1. The van der Waals surface area contributed by atoms with Crippen molar-refractivity contribution in [3.63, 3.8) is 0 Å². The number of carbonyl (C=O) groups excluding carboxylic acids is 1. The van der Waals surface area contributed by atoms with Crippen LogP contribution in [0.5, 0.6) is 0 Å². The third kappa shape index (κ3) is 0.742. The maximum Gasteiger partial charge on any atom is 0.137 e. The molecule has 2 saturated carbocycles. The molecule has 0 aromatic carbocycles. The van der Waals surface area contributed by atoms with E-state index >= 15 is 0 Å². The Hall–Kier alpha value is -0.840. The highest BCUT2D eigenvalue weighted by Gasteiger charge is 2.52. The molecule has 0 aliphatic heterocycles. The average Bonchev–Trinajstić information content (AvgIpc) is 1.94. The minimum Gasteiger partial charge on any atom is -0.299 e. The molecule has 2 atom stereocenters. The molecule has 2 nitrogen and oxygen atoms in total. The Labute approximate surface area is 66.2 Å². The van der Waals surface area contributed by atoms with Crippen LogP contribution in [-0.2, 0) is 4.79 Å². The van der Waals surface area contributed by atoms with Crippen molar-refractivity contribution < 1.29 is 4.79 Å². The first-order chi connectivity index (χ1) is 5.28. The number of rotatable bonds is 0. The van der Waals surface area contributed by atoms with Crippen molar-refractivity contribution in [1.82, 2.24) is 0 Å². The first kappa shape index (κ1) is 6.84. The lowest BCUT2D eigenvalue weighted by Crippen LogP contribution is -2.46. The van der Waals surface area contributed by atoms with Crippen molar-refractivity contribution in [2.75, 3.05) is 0 Å². The van der Waals surface area contributed by atoms with Crippen molar-refractivity contribution in [3.8, 4) is 6.07 Å². The fraction of sp³-hybridized carbons (Fsp3) is 0.778. The van der Waals surface area contributed by atoms with E-state index in [-0.39, 0.29) is 11.3 Å². The van der Waals surface area contributed by atoms with Gasteiger partial charge in [-0.05, 0) is 25.7 Å². The predicted molar refractivity (Wildman–Crippen MR) is 39.6 cm³/mol. The van der Waals surface area contributed by atoms with Crippen molar-refractivity contribution in [3.05, 3.63) is 0 Å². The first-order valence-corrected chi connectivity index (χ1v) is 4.22. The number of nitrogens with zero attached hydrogens (tertiary/aromatic N) is 1. The van der Waals surface area contributed by atoms with Gasteiger partial charge in [0.05, 0.1) is 11.5 Å². The van der Waals surface area contributed by atoms with Crippen molar-refractivity contribution in [2.24, 2.45) is 11.3 Å². The maximum atomic E-state index is 11.3. The number of hydrogen-bond donors (Lipinski definition) is 0. The minimum absolute atomic E-state index is 0.112. The summed E-state index contributed by atoms with van der Waals surface area (Å²) in [6, 6.07) is 2.33. The van der Waals surface area contributed by atoms with E-state index in [1.165, 1.54) is 0 Å². The van der Waals surface area contributed by atoms with Gasteiger partial charge >= 0.3 is 0 Å². The van der Waals surface area contributed by atoms with Crippen LogP contribution in [0.15, 0.2) is 0 Å². The highest BCUT2D eigenvalue weighted by atomic mass is 16.1. The highest BCUT2D eigenvalue weighted by molar-refractivity contribution is 5.84. The minimum atomic E-state index is -0.213. The molecular formula is C9H11NO. The summed E-state index contributed by atoms with van der Waals surface area (Å²) < 4.78 is 0. The van der Waals surface area contributed by atoms with Gasteiger partial charge in [-0.3, -0.25) is 4.79 Å². The molecule has 0 heterocycles. The second-order valence-corrected chi connectivity index (χ2v) is 3.68. The number of ketones is 1. The summed E-state index contributed by atoms with van der Waals surface area (Å²) >= 11 is 0. The Bertz CT molecular complexity index is 240. The molecule has 2 aliphatic rings. The topological polar surface area (TPSA) is 40.9 Å². The fourth-order valence-electron chi connectivity index (χ4n) is 2.35. The van der Waals surface area contributed by atoms with Crippen LogP contribution < -0.4 is 0 Å². The number of Topliss-reactive ketones (excluding diaryl/α,β-unsaturated/α-hetero) is 1. The average molecular weight is 149 g/mol. The molecule has 0 saturated heterocycles. The zero-order valence-corrected chi connectivity index (χ0v) is 6.47. The second-order valence-electron chi connectivity index (χ2n) is 3.68. The van der Waals surface area contributed by atoms with Crippen LogP contribution in [0.3, 0.4) is 0 Å². The summed E-state index contributed by atoms with van der Waals surface area (Å²) in [7, 11) is 0. The van der Waals surface area contributed by atoms with Gasteiger partial charge in [-0.15, -0.1) is 0 Å². The van der Waals surface area contributed by atoms with Crippen LogP contribution in [0.4, 0.5) is 0 Å². The second kappa shape index (κ2) is 2.07. The Morgan fingerprint density at radius 2 is 2.36 bits per heavy atom. The van der Waals surface area contributed by atoms with Crippen LogP contribution in [0.2, 0.25) is 0 Å². The molecule has 0 N–H and O–H groups in total. The normalized spacial score (nSPS) is 42.1. The largest absolute Gasteiger partial charge is 0.299 e. The van der Waals surface area contributed by atoms with E-state index in [1.54, 1.807) is 0 Å². The zero-order chi connectivity index (χ0) is 7.90. The summed E-state index contributed by atoms with van der Waals surface area (Å²) in [6.45, 7) is 0. The van der Waals surface area contributed by atoms with Crippen molar-refractivity contribution in [1.29, 1.82) is 5.26 Å². The van der Waals surface area contributed by atoms with E-state index in [0.717, 1.165) is 25.7 Å². The Morgan fingerprint density at radius 1 is 1.55 bits per heavy atom. The molecule has 2 fully saturated rings. The first-order valence-electron chi connectivity index (χ1n) is 4.22. The van der Waals surface area contributed by atoms with Crippen LogP contribution in [0.1, 0.15) is 32.1 Å². The van der Waals surface area contributed by atoms with Gasteiger partial charge in [0, 0.05) is 12.3 Å². The van der Waals surface area contributed by atoms with Gasteiger partial charge in [-0.25, -0.2) is 0 Å². The van der Waals surface area contributed by atoms with Gasteiger partial charge in [0.1, 0.15) is 5.78 Å². The Morgan fingerprint density at radius 3 is 2.82 bits per heavy atom. The van der Waals surface area contributed by atoms with Gasteiger partial charge in [0.15, 0.2) is 0 Å². The lowest BCUT2D eigenvalue weighted by molar-refractivity contribution is -0.135. The third-order valence-electron chi connectivity index (χ3n) is 3.20.